The van der Waals surface area contributed by atoms with Crippen LogP contribution in [0.2, 0.25) is 0 Å². The maximum absolute atomic E-state index is 11.8. The van der Waals surface area contributed by atoms with Crippen LogP contribution in [0.5, 0.6) is 0 Å². The molecule has 0 saturated heterocycles. The summed E-state index contributed by atoms with van der Waals surface area (Å²) in [6, 6.07) is 0. The minimum absolute atomic E-state index is 0.455. The second-order valence-electron chi connectivity index (χ2n) is 5.51. The molecule has 15 heavy (non-hydrogen) atoms. The highest BCUT2D eigenvalue weighted by molar-refractivity contribution is 5.81. The second-order valence-corrected chi connectivity index (χ2v) is 5.51. The van der Waals surface area contributed by atoms with E-state index in [2.05, 4.69) is 6.92 Å². The summed E-state index contributed by atoms with van der Waals surface area (Å²) < 4.78 is 0. The topological polar surface area (TPSA) is 17.1 Å². The Bertz CT molecular complexity index is 213. The maximum atomic E-state index is 11.8. The van der Waals surface area contributed by atoms with Gasteiger partial charge in [0.2, 0.25) is 0 Å². The first-order chi connectivity index (χ1) is 7.31. The van der Waals surface area contributed by atoms with Crippen molar-refractivity contribution in [2.45, 2.75) is 64.7 Å². The van der Waals surface area contributed by atoms with E-state index in [1.807, 2.05) is 0 Å². The predicted octanol–water partition coefficient (Wildman–Crippen LogP) is 3.96. The Kier molecular flexibility index (Phi) is 3.82. The van der Waals surface area contributed by atoms with Crippen molar-refractivity contribution in [1.82, 2.24) is 0 Å². The van der Waals surface area contributed by atoms with Gasteiger partial charge in [-0.15, -0.1) is 0 Å². The molecule has 0 spiro atoms. The summed E-state index contributed by atoms with van der Waals surface area (Å²) >= 11 is 0. The van der Waals surface area contributed by atoms with Crippen LogP contribution in [0.3, 0.4) is 0 Å². The molecule has 1 unspecified atom stereocenters. The Morgan fingerprint density at radius 1 is 1.07 bits per heavy atom. The molecule has 2 aliphatic carbocycles. The van der Waals surface area contributed by atoms with Gasteiger partial charge in [-0.2, -0.15) is 0 Å². The molecule has 0 aromatic heterocycles. The third-order valence-corrected chi connectivity index (χ3v) is 4.64. The molecule has 2 fully saturated rings. The van der Waals surface area contributed by atoms with Crippen LogP contribution in [0.1, 0.15) is 64.7 Å². The van der Waals surface area contributed by atoms with Gasteiger partial charge >= 0.3 is 0 Å². The van der Waals surface area contributed by atoms with Crippen molar-refractivity contribution in [1.29, 1.82) is 0 Å². The van der Waals surface area contributed by atoms with Gasteiger partial charge in [-0.05, 0) is 37.5 Å². The summed E-state index contributed by atoms with van der Waals surface area (Å²) in [6.45, 7) is 2.30. The molecule has 1 heteroatoms. The van der Waals surface area contributed by atoms with Crippen molar-refractivity contribution < 1.29 is 4.79 Å². The first kappa shape index (κ1) is 11.2. The number of carbonyl (C=O) groups excluding carboxylic acids is 1. The molecule has 86 valence electrons. The smallest absolute Gasteiger partial charge is 0.136 e. The van der Waals surface area contributed by atoms with Gasteiger partial charge in [-0.25, -0.2) is 0 Å². The summed E-state index contributed by atoms with van der Waals surface area (Å²) in [7, 11) is 0. The fraction of sp³-hybridized carbons (Fsp3) is 0.929. The first-order valence-corrected chi connectivity index (χ1v) is 6.84. The Morgan fingerprint density at radius 2 is 1.80 bits per heavy atom. The van der Waals surface area contributed by atoms with Crippen LogP contribution in [0.15, 0.2) is 0 Å². The number of carbonyl (C=O) groups is 1. The van der Waals surface area contributed by atoms with Gasteiger partial charge < -0.3 is 0 Å². The molecule has 0 aromatic carbocycles. The van der Waals surface area contributed by atoms with Gasteiger partial charge in [0.15, 0.2) is 0 Å². The number of Topliss-reactive ketones (excluding diaryl/α,β-unsaturated/α-hetero) is 1. The van der Waals surface area contributed by atoms with Crippen LogP contribution < -0.4 is 0 Å². The molecule has 0 aliphatic heterocycles. The average Bonchev–Trinajstić information content (AvgIpc) is 2.30. The fourth-order valence-electron chi connectivity index (χ4n) is 3.51. The molecule has 1 atom stereocenters. The molecule has 0 bridgehead atoms. The first-order valence-electron chi connectivity index (χ1n) is 6.84. The van der Waals surface area contributed by atoms with Crippen molar-refractivity contribution in [3.63, 3.8) is 0 Å². The van der Waals surface area contributed by atoms with Crippen molar-refractivity contribution in [3.8, 4) is 0 Å². The number of hydrogen-bond acceptors (Lipinski definition) is 1. The quantitative estimate of drug-likeness (QED) is 0.671. The van der Waals surface area contributed by atoms with Crippen LogP contribution in [0.25, 0.3) is 0 Å². The standard InChI is InChI=1S/C14H24O/c1-2-11-7-9-12(10-8-11)13-5-3-4-6-14(13)15/h11-13H,2-10H2,1H3. The highest BCUT2D eigenvalue weighted by Crippen LogP contribution is 2.39. The molecular weight excluding hydrogens is 184 g/mol. The Hall–Kier alpha value is -0.330. The lowest BCUT2D eigenvalue weighted by Gasteiger charge is -2.34. The van der Waals surface area contributed by atoms with E-state index in [1.54, 1.807) is 0 Å². The van der Waals surface area contributed by atoms with Gasteiger partial charge in [-0.1, -0.05) is 32.6 Å². The van der Waals surface area contributed by atoms with E-state index in [0.29, 0.717) is 11.7 Å². The predicted molar refractivity (Wildman–Crippen MR) is 62.7 cm³/mol. The summed E-state index contributed by atoms with van der Waals surface area (Å²) in [6.07, 6.45) is 11.3. The second kappa shape index (κ2) is 5.14. The van der Waals surface area contributed by atoms with Crippen LogP contribution in [0, 0.1) is 17.8 Å². The minimum Gasteiger partial charge on any atom is -0.299 e. The summed E-state index contributed by atoms with van der Waals surface area (Å²) in [5.41, 5.74) is 0. The zero-order valence-electron chi connectivity index (χ0n) is 10.0. The zero-order chi connectivity index (χ0) is 10.7. The molecule has 2 saturated carbocycles. The van der Waals surface area contributed by atoms with Gasteiger partial charge in [0.05, 0.1) is 0 Å². The van der Waals surface area contributed by atoms with Crippen molar-refractivity contribution >= 4 is 5.78 Å². The Morgan fingerprint density at radius 3 is 2.40 bits per heavy atom. The molecule has 2 aliphatic rings. The highest BCUT2D eigenvalue weighted by atomic mass is 16.1. The monoisotopic (exact) mass is 208 g/mol. The maximum Gasteiger partial charge on any atom is 0.136 e. The van der Waals surface area contributed by atoms with E-state index >= 15 is 0 Å². The summed E-state index contributed by atoms with van der Waals surface area (Å²) in [5.74, 6) is 2.75. The molecular formula is C14H24O. The number of rotatable bonds is 2. The van der Waals surface area contributed by atoms with Crippen LogP contribution >= 0.6 is 0 Å². The van der Waals surface area contributed by atoms with Crippen molar-refractivity contribution in [3.05, 3.63) is 0 Å². The fourth-order valence-corrected chi connectivity index (χ4v) is 3.51. The van der Waals surface area contributed by atoms with Crippen LogP contribution in [-0.2, 0) is 4.79 Å². The Labute approximate surface area is 93.6 Å². The third kappa shape index (κ3) is 2.62. The molecule has 2 rings (SSSR count). The molecule has 0 aromatic rings. The lowest BCUT2D eigenvalue weighted by molar-refractivity contribution is -0.127. The molecule has 0 amide bonds. The largest absolute Gasteiger partial charge is 0.299 e. The van der Waals surface area contributed by atoms with Crippen LogP contribution in [0.4, 0.5) is 0 Å². The van der Waals surface area contributed by atoms with E-state index in [0.717, 1.165) is 24.7 Å². The third-order valence-electron chi connectivity index (χ3n) is 4.64. The molecule has 0 heterocycles. The van der Waals surface area contributed by atoms with Gasteiger partial charge in [0, 0.05) is 12.3 Å². The van der Waals surface area contributed by atoms with Crippen molar-refractivity contribution in [2.75, 3.05) is 0 Å². The normalized spacial score (nSPS) is 37.9. The summed E-state index contributed by atoms with van der Waals surface area (Å²) in [5, 5.41) is 0. The molecule has 1 nitrogen and oxygen atoms in total. The molecule has 0 N–H and O–H groups in total. The van der Waals surface area contributed by atoms with E-state index in [9.17, 15) is 4.79 Å². The highest BCUT2D eigenvalue weighted by Gasteiger charge is 2.32. The molecule has 0 radical (unpaired) electrons. The van der Waals surface area contributed by atoms with Gasteiger partial charge in [-0.3, -0.25) is 4.79 Å². The van der Waals surface area contributed by atoms with Crippen molar-refractivity contribution in [2.24, 2.45) is 17.8 Å². The lowest BCUT2D eigenvalue weighted by atomic mass is 9.70. The van der Waals surface area contributed by atoms with E-state index < -0.39 is 0 Å². The summed E-state index contributed by atoms with van der Waals surface area (Å²) in [4.78, 5) is 11.8. The van der Waals surface area contributed by atoms with Gasteiger partial charge in [0.1, 0.15) is 5.78 Å². The van der Waals surface area contributed by atoms with Gasteiger partial charge in [0.25, 0.3) is 0 Å². The van der Waals surface area contributed by atoms with E-state index in [-0.39, 0.29) is 0 Å². The Balaban J connectivity index is 1.86. The minimum atomic E-state index is 0.455. The van der Waals surface area contributed by atoms with E-state index in [4.69, 9.17) is 0 Å². The SMILES string of the molecule is CCC1CCC(C2CCCCC2=O)CC1. The van der Waals surface area contributed by atoms with E-state index in [1.165, 1.54) is 44.9 Å². The van der Waals surface area contributed by atoms with Crippen LogP contribution in [-0.4, -0.2) is 5.78 Å². The zero-order valence-corrected chi connectivity index (χ0v) is 10.0. The number of ketones is 1. The number of hydrogen-bond donors (Lipinski definition) is 0. The average molecular weight is 208 g/mol. The lowest BCUT2D eigenvalue weighted by Crippen LogP contribution is -2.29.